The highest BCUT2D eigenvalue weighted by Crippen LogP contribution is 2.31. The molecule has 0 aliphatic heterocycles. The second kappa shape index (κ2) is 5.47. The van der Waals surface area contributed by atoms with Gasteiger partial charge in [0.25, 0.3) is 0 Å². The lowest BCUT2D eigenvalue weighted by Crippen LogP contribution is -1.78. The van der Waals surface area contributed by atoms with E-state index in [1.165, 1.54) is 25.0 Å². The van der Waals surface area contributed by atoms with E-state index in [9.17, 15) is 0 Å². The van der Waals surface area contributed by atoms with Gasteiger partial charge in [0.2, 0.25) is 0 Å². The van der Waals surface area contributed by atoms with Crippen LogP contribution in [0.2, 0.25) is 0 Å². The van der Waals surface area contributed by atoms with Gasteiger partial charge in [0.05, 0.1) is 0 Å². The highest BCUT2D eigenvalue weighted by Gasteiger charge is 2.03. The molecular formula is C15H11BrS2. The highest BCUT2D eigenvalue weighted by molar-refractivity contribution is 9.10. The topological polar surface area (TPSA) is 0 Å². The molecule has 0 atom stereocenters. The Kier molecular flexibility index (Phi) is 3.73. The zero-order chi connectivity index (χ0) is 12.4. The zero-order valence-corrected chi connectivity index (χ0v) is 12.8. The maximum absolute atomic E-state index is 3.58. The molecule has 0 saturated heterocycles. The molecule has 0 amide bonds. The Labute approximate surface area is 123 Å². The molecule has 90 valence electrons. The zero-order valence-electron chi connectivity index (χ0n) is 9.60. The van der Waals surface area contributed by atoms with Crippen LogP contribution < -0.4 is 0 Å². The summed E-state index contributed by atoms with van der Waals surface area (Å²) < 4.78 is 1.22. The van der Waals surface area contributed by atoms with Gasteiger partial charge in [-0.3, -0.25) is 0 Å². The van der Waals surface area contributed by atoms with Crippen molar-refractivity contribution >= 4 is 49.8 Å². The molecule has 18 heavy (non-hydrogen) atoms. The first-order valence-electron chi connectivity index (χ1n) is 5.66. The number of benzene rings is 2. The van der Waals surface area contributed by atoms with E-state index in [2.05, 4.69) is 69.8 Å². The molecule has 0 saturated carbocycles. The van der Waals surface area contributed by atoms with Crippen molar-refractivity contribution in [2.24, 2.45) is 0 Å². The molecule has 1 heterocycles. The lowest BCUT2D eigenvalue weighted by molar-refractivity contribution is 1.45. The predicted octanol–water partition coefficient (Wildman–Crippen LogP) is 5.96. The van der Waals surface area contributed by atoms with Crippen LogP contribution in [0.5, 0.6) is 0 Å². The van der Waals surface area contributed by atoms with Gasteiger partial charge in [0.1, 0.15) is 0 Å². The number of halogens is 1. The number of hydrogen-bond acceptors (Lipinski definition) is 2. The number of rotatable bonds is 3. The third-order valence-electron chi connectivity index (χ3n) is 2.78. The highest BCUT2D eigenvalue weighted by atomic mass is 79.9. The SMILES string of the molecule is Brc1ccsc1CSc1ccc2ccccc2c1. The number of thiophene rings is 1. The van der Waals surface area contributed by atoms with E-state index in [1.54, 1.807) is 11.3 Å². The molecule has 1 aromatic heterocycles. The fourth-order valence-corrected chi connectivity index (χ4v) is 4.57. The van der Waals surface area contributed by atoms with Gasteiger partial charge in [-0.1, -0.05) is 30.3 Å². The van der Waals surface area contributed by atoms with Gasteiger partial charge in [-0.15, -0.1) is 23.1 Å². The number of fused-ring (bicyclic) bond motifs is 1. The monoisotopic (exact) mass is 334 g/mol. The molecular weight excluding hydrogens is 324 g/mol. The summed E-state index contributed by atoms with van der Waals surface area (Å²) in [5, 5.41) is 4.74. The first-order chi connectivity index (χ1) is 8.83. The van der Waals surface area contributed by atoms with Crippen molar-refractivity contribution in [2.75, 3.05) is 0 Å². The summed E-state index contributed by atoms with van der Waals surface area (Å²) in [4.78, 5) is 2.72. The molecule has 3 rings (SSSR count). The average molecular weight is 335 g/mol. The van der Waals surface area contributed by atoms with Gasteiger partial charge in [0.15, 0.2) is 0 Å². The Bertz CT molecular complexity index is 673. The van der Waals surface area contributed by atoms with Crippen molar-refractivity contribution in [2.45, 2.75) is 10.6 Å². The van der Waals surface area contributed by atoms with Crippen LogP contribution in [0, 0.1) is 0 Å². The minimum absolute atomic E-state index is 1.02. The molecule has 0 aliphatic rings. The van der Waals surface area contributed by atoms with Gasteiger partial charge in [0, 0.05) is 20.0 Å². The van der Waals surface area contributed by atoms with Crippen molar-refractivity contribution in [3.63, 3.8) is 0 Å². The molecule has 0 radical (unpaired) electrons. The van der Waals surface area contributed by atoms with Crippen LogP contribution in [0.15, 0.2) is 63.3 Å². The van der Waals surface area contributed by atoms with Gasteiger partial charge >= 0.3 is 0 Å². The number of thioether (sulfide) groups is 1. The normalized spacial score (nSPS) is 10.9. The van der Waals surface area contributed by atoms with Crippen molar-refractivity contribution in [1.82, 2.24) is 0 Å². The molecule has 0 aliphatic carbocycles. The number of hydrogen-bond donors (Lipinski definition) is 0. The maximum atomic E-state index is 3.58. The minimum atomic E-state index is 1.02. The summed E-state index contributed by atoms with van der Waals surface area (Å²) in [5.41, 5.74) is 0. The Balaban J connectivity index is 1.81. The van der Waals surface area contributed by atoms with Crippen molar-refractivity contribution in [3.05, 3.63) is 63.3 Å². The van der Waals surface area contributed by atoms with Crippen LogP contribution in [-0.4, -0.2) is 0 Å². The van der Waals surface area contributed by atoms with Crippen LogP contribution in [0.3, 0.4) is 0 Å². The van der Waals surface area contributed by atoms with E-state index in [4.69, 9.17) is 0 Å². The van der Waals surface area contributed by atoms with Crippen molar-refractivity contribution < 1.29 is 0 Å². The van der Waals surface area contributed by atoms with E-state index in [1.807, 2.05) is 11.8 Å². The van der Waals surface area contributed by atoms with Crippen LogP contribution in [0.1, 0.15) is 4.88 Å². The Morgan fingerprint density at radius 2 is 1.83 bits per heavy atom. The molecule has 0 unspecified atom stereocenters. The van der Waals surface area contributed by atoms with Gasteiger partial charge < -0.3 is 0 Å². The third kappa shape index (κ3) is 2.63. The molecule has 3 aromatic rings. The maximum Gasteiger partial charge on any atom is 0.0337 e. The lowest BCUT2D eigenvalue weighted by Gasteiger charge is -2.03. The summed E-state index contributed by atoms with van der Waals surface area (Å²) in [6, 6.07) is 17.3. The largest absolute Gasteiger partial charge is 0.147 e. The molecule has 3 heteroatoms. The van der Waals surface area contributed by atoms with E-state index < -0.39 is 0 Å². The quantitative estimate of drug-likeness (QED) is 0.533. The average Bonchev–Trinajstić information content (AvgIpc) is 2.82. The second-order valence-corrected chi connectivity index (χ2v) is 6.89. The van der Waals surface area contributed by atoms with E-state index in [-0.39, 0.29) is 0 Å². The Hall–Kier alpha value is -0.770. The standard InChI is InChI=1S/C15H11BrS2/c16-14-7-8-17-15(14)10-18-13-6-5-11-3-1-2-4-12(11)9-13/h1-9H,10H2. The fourth-order valence-electron chi connectivity index (χ4n) is 1.83. The fraction of sp³-hybridized carbons (Fsp3) is 0.0667. The summed E-state index contributed by atoms with van der Waals surface area (Å²) in [6.45, 7) is 0. The second-order valence-electron chi connectivity index (χ2n) is 3.99. The molecule has 0 spiro atoms. The van der Waals surface area contributed by atoms with Crippen molar-refractivity contribution in [3.8, 4) is 0 Å². The van der Waals surface area contributed by atoms with Gasteiger partial charge in [-0.25, -0.2) is 0 Å². The van der Waals surface area contributed by atoms with Gasteiger partial charge in [-0.2, -0.15) is 0 Å². The summed E-state index contributed by atoms with van der Waals surface area (Å²) in [7, 11) is 0. The van der Waals surface area contributed by atoms with Crippen molar-refractivity contribution in [1.29, 1.82) is 0 Å². The van der Waals surface area contributed by atoms with Crippen LogP contribution >= 0.6 is 39.0 Å². The molecule has 0 nitrogen and oxygen atoms in total. The molecule has 0 bridgehead atoms. The van der Waals surface area contributed by atoms with E-state index >= 15 is 0 Å². The first kappa shape index (κ1) is 12.3. The Morgan fingerprint density at radius 1 is 1.00 bits per heavy atom. The summed E-state index contributed by atoms with van der Waals surface area (Å²) >= 11 is 7.27. The van der Waals surface area contributed by atoms with E-state index in [0.29, 0.717) is 0 Å². The first-order valence-corrected chi connectivity index (χ1v) is 8.32. The third-order valence-corrected chi connectivity index (χ3v) is 5.91. The van der Waals surface area contributed by atoms with E-state index in [0.717, 1.165) is 5.75 Å². The summed E-state index contributed by atoms with van der Waals surface area (Å²) in [5.74, 6) is 1.02. The Morgan fingerprint density at radius 3 is 2.61 bits per heavy atom. The van der Waals surface area contributed by atoms with Gasteiger partial charge in [-0.05, 0) is 50.3 Å². The van der Waals surface area contributed by atoms with Crippen LogP contribution in [0.25, 0.3) is 10.8 Å². The smallest absolute Gasteiger partial charge is 0.0337 e. The van der Waals surface area contributed by atoms with Crippen LogP contribution in [-0.2, 0) is 5.75 Å². The molecule has 0 N–H and O–H groups in total. The summed E-state index contributed by atoms with van der Waals surface area (Å²) in [6.07, 6.45) is 0. The lowest BCUT2D eigenvalue weighted by atomic mass is 10.1. The molecule has 2 aromatic carbocycles. The minimum Gasteiger partial charge on any atom is -0.147 e. The van der Waals surface area contributed by atoms with Crippen LogP contribution in [0.4, 0.5) is 0 Å². The predicted molar refractivity (Wildman–Crippen MR) is 85.5 cm³/mol. The molecule has 0 fully saturated rings.